The van der Waals surface area contributed by atoms with Crippen LogP contribution in [0.2, 0.25) is 0 Å². The Labute approximate surface area is 191 Å². The standard InChI is InChI=1S/C25H39N3O4/c1-6-7-8-9-10-11-16-31-20-14-12-19(13-15-20)21-17-26-22(27-21)25(5,18-29)28-23(30)32-24(2,3)4/h12-15,17,29H,6-11,16,18H2,1-5H3,(H,26,27)(H,28,30)/t25-/m0/s1. The van der Waals surface area contributed by atoms with Crippen LogP contribution in [0, 0.1) is 0 Å². The first-order valence-corrected chi connectivity index (χ1v) is 11.6. The summed E-state index contributed by atoms with van der Waals surface area (Å²) in [5.41, 5.74) is -0.0980. The number of aromatic nitrogens is 2. The molecule has 2 rings (SSSR count). The molecule has 1 atom stereocenters. The van der Waals surface area contributed by atoms with Gasteiger partial charge < -0.3 is 24.9 Å². The van der Waals surface area contributed by atoms with Gasteiger partial charge in [-0.3, -0.25) is 0 Å². The van der Waals surface area contributed by atoms with Crippen LogP contribution >= 0.6 is 0 Å². The van der Waals surface area contributed by atoms with E-state index >= 15 is 0 Å². The highest BCUT2D eigenvalue weighted by Crippen LogP contribution is 2.25. The second-order valence-electron chi connectivity index (χ2n) is 9.39. The van der Waals surface area contributed by atoms with E-state index in [2.05, 4.69) is 22.2 Å². The lowest BCUT2D eigenvalue weighted by Gasteiger charge is -2.28. The summed E-state index contributed by atoms with van der Waals surface area (Å²) in [4.78, 5) is 19.9. The molecule has 3 N–H and O–H groups in total. The second kappa shape index (κ2) is 11.9. The van der Waals surface area contributed by atoms with Crippen molar-refractivity contribution in [2.75, 3.05) is 13.2 Å². The number of hydrogen-bond donors (Lipinski definition) is 3. The van der Waals surface area contributed by atoms with Crippen LogP contribution < -0.4 is 10.1 Å². The molecule has 178 valence electrons. The molecule has 1 aromatic heterocycles. The molecule has 0 saturated carbocycles. The average Bonchev–Trinajstić information content (AvgIpc) is 3.23. The molecule has 0 spiro atoms. The van der Waals surface area contributed by atoms with Crippen molar-refractivity contribution in [1.29, 1.82) is 0 Å². The zero-order chi connectivity index (χ0) is 23.6. The zero-order valence-corrected chi connectivity index (χ0v) is 20.2. The van der Waals surface area contributed by atoms with Gasteiger partial charge in [0.25, 0.3) is 0 Å². The van der Waals surface area contributed by atoms with Gasteiger partial charge in [0.05, 0.1) is 18.9 Å². The Morgan fingerprint density at radius 2 is 1.72 bits per heavy atom. The normalized spacial score (nSPS) is 13.4. The summed E-state index contributed by atoms with van der Waals surface area (Å²) in [7, 11) is 0. The fraction of sp³-hybridized carbons (Fsp3) is 0.600. The predicted molar refractivity (Wildman–Crippen MR) is 127 cm³/mol. The molecule has 1 aromatic carbocycles. The van der Waals surface area contributed by atoms with E-state index in [1.54, 1.807) is 33.9 Å². The molecule has 0 saturated heterocycles. The first-order valence-electron chi connectivity index (χ1n) is 11.6. The maximum Gasteiger partial charge on any atom is 0.408 e. The van der Waals surface area contributed by atoms with E-state index < -0.39 is 17.2 Å². The van der Waals surface area contributed by atoms with Crippen molar-refractivity contribution < 1.29 is 19.4 Å². The van der Waals surface area contributed by atoms with Crippen molar-refractivity contribution in [2.45, 2.75) is 84.3 Å². The number of aliphatic hydroxyl groups excluding tert-OH is 1. The fourth-order valence-corrected chi connectivity index (χ4v) is 3.25. The highest BCUT2D eigenvalue weighted by molar-refractivity contribution is 5.69. The summed E-state index contributed by atoms with van der Waals surface area (Å²) < 4.78 is 11.2. The van der Waals surface area contributed by atoms with Gasteiger partial charge in [-0.1, -0.05) is 39.0 Å². The van der Waals surface area contributed by atoms with Gasteiger partial charge in [-0.15, -0.1) is 0 Å². The average molecular weight is 446 g/mol. The highest BCUT2D eigenvalue weighted by atomic mass is 16.6. The van der Waals surface area contributed by atoms with Crippen LogP contribution in [0.5, 0.6) is 5.75 Å². The molecule has 0 fully saturated rings. The van der Waals surface area contributed by atoms with E-state index in [1.165, 1.54) is 32.1 Å². The number of nitrogens with zero attached hydrogens (tertiary/aromatic N) is 1. The van der Waals surface area contributed by atoms with Gasteiger partial charge >= 0.3 is 6.09 Å². The highest BCUT2D eigenvalue weighted by Gasteiger charge is 2.33. The second-order valence-corrected chi connectivity index (χ2v) is 9.39. The maximum atomic E-state index is 12.2. The Morgan fingerprint density at radius 3 is 2.34 bits per heavy atom. The molecule has 0 unspecified atom stereocenters. The van der Waals surface area contributed by atoms with E-state index in [-0.39, 0.29) is 6.61 Å². The largest absolute Gasteiger partial charge is 0.494 e. The first kappa shape index (κ1) is 25.7. The molecule has 2 aromatic rings. The minimum Gasteiger partial charge on any atom is -0.494 e. The quantitative estimate of drug-likeness (QED) is 0.372. The van der Waals surface area contributed by atoms with Gasteiger partial charge in [0, 0.05) is 11.8 Å². The first-order chi connectivity index (χ1) is 15.2. The number of imidazole rings is 1. The van der Waals surface area contributed by atoms with Crippen LogP contribution in [0.25, 0.3) is 11.3 Å². The molecule has 7 heteroatoms. The number of ether oxygens (including phenoxy) is 2. The Bertz CT molecular complexity index is 826. The van der Waals surface area contributed by atoms with Gasteiger partial charge in [0.1, 0.15) is 22.7 Å². The third kappa shape index (κ3) is 8.19. The number of benzene rings is 1. The minimum atomic E-state index is -1.10. The van der Waals surface area contributed by atoms with Crippen molar-refractivity contribution in [3.8, 4) is 17.0 Å². The SMILES string of the molecule is CCCCCCCCOc1ccc(-c2c[nH]c([C@](C)(CO)NC(=O)OC(C)(C)C)n2)cc1. The van der Waals surface area contributed by atoms with Crippen LogP contribution in [0.15, 0.2) is 30.5 Å². The molecule has 0 aliphatic heterocycles. The lowest BCUT2D eigenvalue weighted by molar-refractivity contribution is 0.0403. The van der Waals surface area contributed by atoms with E-state index in [0.717, 1.165) is 24.3 Å². The Hall–Kier alpha value is -2.54. The van der Waals surface area contributed by atoms with Gasteiger partial charge in [0.15, 0.2) is 0 Å². The number of aliphatic hydroxyl groups is 1. The van der Waals surface area contributed by atoms with Gasteiger partial charge in [0.2, 0.25) is 0 Å². The van der Waals surface area contributed by atoms with Crippen molar-refractivity contribution in [2.24, 2.45) is 0 Å². The van der Waals surface area contributed by atoms with Crippen molar-refractivity contribution >= 4 is 6.09 Å². The molecular formula is C25H39N3O4. The zero-order valence-electron chi connectivity index (χ0n) is 20.2. The Balaban J connectivity index is 1.93. The number of hydrogen-bond acceptors (Lipinski definition) is 5. The summed E-state index contributed by atoms with van der Waals surface area (Å²) in [5.74, 6) is 1.29. The number of H-pyrrole nitrogens is 1. The van der Waals surface area contributed by atoms with Crippen molar-refractivity contribution in [1.82, 2.24) is 15.3 Å². The molecule has 32 heavy (non-hydrogen) atoms. The Kier molecular flexibility index (Phi) is 9.57. The topological polar surface area (TPSA) is 96.5 Å². The number of carbonyl (C=O) groups excluding carboxylic acids is 1. The van der Waals surface area contributed by atoms with Crippen LogP contribution in [-0.2, 0) is 10.3 Å². The van der Waals surface area contributed by atoms with Gasteiger partial charge in [-0.25, -0.2) is 9.78 Å². The lowest BCUT2D eigenvalue weighted by atomic mass is 10.0. The summed E-state index contributed by atoms with van der Waals surface area (Å²) in [6.45, 7) is 9.67. The maximum absolute atomic E-state index is 12.2. The predicted octanol–water partition coefficient (Wildman–Crippen LogP) is 5.55. The third-order valence-electron chi connectivity index (χ3n) is 5.11. The lowest BCUT2D eigenvalue weighted by Crippen LogP contribution is -2.48. The van der Waals surface area contributed by atoms with Crippen LogP contribution in [-0.4, -0.2) is 40.0 Å². The summed E-state index contributed by atoms with van der Waals surface area (Å²) >= 11 is 0. The van der Waals surface area contributed by atoms with E-state index in [4.69, 9.17) is 9.47 Å². The van der Waals surface area contributed by atoms with Crippen LogP contribution in [0.1, 0.15) is 79.0 Å². The molecule has 0 bridgehead atoms. The fourth-order valence-electron chi connectivity index (χ4n) is 3.25. The van der Waals surface area contributed by atoms with Crippen molar-refractivity contribution in [3.05, 3.63) is 36.3 Å². The van der Waals surface area contributed by atoms with Gasteiger partial charge in [-0.05, 0) is 58.4 Å². The number of carbonyl (C=O) groups is 1. The Morgan fingerprint density at radius 1 is 1.06 bits per heavy atom. The number of amides is 1. The number of rotatable bonds is 12. The van der Waals surface area contributed by atoms with E-state index in [1.807, 2.05) is 24.3 Å². The molecule has 0 aliphatic carbocycles. The van der Waals surface area contributed by atoms with E-state index in [9.17, 15) is 9.90 Å². The number of unbranched alkanes of at least 4 members (excludes halogenated alkanes) is 5. The van der Waals surface area contributed by atoms with Crippen LogP contribution in [0.3, 0.4) is 0 Å². The number of aromatic amines is 1. The summed E-state index contributed by atoms with van der Waals surface area (Å²) in [5, 5.41) is 12.6. The molecule has 7 nitrogen and oxygen atoms in total. The van der Waals surface area contributed by atoms with Crippen LogP contribution in [0.4, 0.5) is 4.79 Å². The van der Waals surface area contributed by atoms with Crippen molar-refractivity contribution in [3.63, 3.8) is 0 Å². The summed E-state index contributed by atoms with van der Waals surface area (Å²) in [6.07, 6.45) is 8.57. The molecule has 1 amide bonds. The minimum absolute atomic E-state index is 0.329. The third-order valence-corrected chi connectivity index (χ3v) is 5.11. The van der Waals surface area contributed by atoms with Gasteiger partial charge in [-0.2, -0.15) is 0 Å². The smallest absolute Gasteiger partial charge is 0.408 e. The molecule has 0 radical (unpaired) electrons. The molecule has 1 heterocycles. The number of alkyl carbamates (subject to hydrolysis) is 1. The molecule has 0 aliphatic rings. The molecular weight excluding hydrogens is 406 g/mol. The summed E-state index contributed by atoms with van der Waals surface area (Å²) in [6, 6.07) is 7.78. The number of nitrogens with one attached hydrogen (secondary N) is 2. The van der Waals surface area contributed by atoms with E-state index in [0.29, 0.717) is 11.5 Å². The monoisotopic (exact) mass is 445 g/mol.